The van der Waals surface area contributed by atoms with Crippen molar-refractivity contribution in [2.24, 2.45) is 0 Å². The molecule has 1 fully saturated rings. The van der Waals surface area contributed by atoms with Crippen LogP contribution in [0.15, 0.2) is 42.5 Å². The third-order valence-corrected chi connectivity index (χ3v) is 11.3. The second-order valence-electron chi connectivity index (χ2n) is 12.8. The van der Waals surface area contributed by atoms with E-state index in [2.05, 4.69) is 23.3 Å². The lowest BCUT2D eigenvalue weighted by atomic mass is 10.0. The standard InChI is InChI=1S/C36H46N3O10PS2.C2H6.CH3Cl/c1-23-18-32(46-3)33(19-29(23)39(36(43)48-21-24(2)52-51)35(42)28-12-9-15-37(28)22-40)47-17-8-4-5-13-34(41)38-16-14-26-25-10-6-7-11-27(25)31(20-30(26)38)49-50(44)45;2*1-2/h6-7,10-11,18-20,22,24,28,35,42,44-45,51H,4-5,8-9,12-17,21H2,1-3H3;1-2H3;1H3. The molecule has 3 aromatic rings. The number of carbonyl (C=O) groups is 3. The maximum absolute atomic E-state index is 13.5. The number of hydrogen-bond donors (Lipinski definition) is 4. The number of nitrogens with zero attached hydrogens (tertiary/aromatic N) is 3. The fourth-order valence-corrected chi connectivity index (χ4v) is 7.43. The Morgan fingerprint density at radius 2 is 1.79 bits per heavy atom. The number of carbonyl (C=O) groups excluding carboxylic acids is 3. The first-order chi connectivity index (χ1) is 27.1. The van der Waals surface area contributed by atoms with E-state index in [0.717, 1.165) is 22.0 Å². The van der Waals surface area contributed by atoms with Crippen LogP contribution in [0.4, 0.5) is 16.2 Å². The summed E-state index contributed by atoms with van der Waals surface area (Å²) in [5, 5.41) is 13.1. The van der Waals surface area contributed by atoms with Gasteiger partial charge in [0.25, 0.3) is 0 Å². The summed E-state index contributed by atoms with van der Waals surface area (Å²) in [4.78, 5) is 62.1. The van der Waals surface area contributed by atoms with E-state index in [1.807, 2.05) is 45.0 Å². The summed E-state index contributed by atoms with van der Waals surface area (Å²) in [6.45, 7) is 9.05. The maximum atomic E-state index is 13.5. The Morgan fingerprint density at radius 3 is 2.45 bits per heavy atom. The number of likely N-dealkylation sites (tertiary alicyclic amines) is 1. The number of methoxy groups -OCH3 is 1. The van der Waals surface area contributed by atoms with Gasteiger partial charge in [-0.1, -0.05) is 48.9 Å². The van der Waals surface area contributed by atoms with Gasteiger partial charge in [0.1, 0.15) is 12.4 Å². The van der Waals surface area contributed by atoms with Crippen LogP contribution in [-0.4, -0.2) is 95.5 Å². The molecule has 0 spiro atoms. The van der Waals surface area contributed by atoms with Crippen molar-refractivity contribution in [3.05, 3.63) is 53.6 Å². The van der Waals surface area contributed by atoms with Crippen molar-refractivity contribution in [2.45, 2.75) is 90.2 Å². The second-order valence-corrected chi connectivity index (χ2v) is 15.2. The molecule has 0 aliphatic carbocycles. The number of unbranched alkanes of at least 4 members (excludes halogenated alkanes) is 2. The molecule has 3 aromatic carbocycles. The number of alkyl halides is 1. The van der Waals surface area contributed by atoms with Crippen LogP contribution in [-0.2, 0) is 20.7 Å². The molecule has 0 aromatic heterocycles. The van der Waals surface area contributed by atoms with Crippen molar-refractivity contribution in [2.75, 3.05) is 49.6 Å². The summed E-state index contributed by atoms with van der Waals surface area (Å²) in [6, 6.07) is 12.1. The van der Waals surface area contributed by atoms with Gasteiger partial charge in [0.2, 0.25) is 12.3 Å². The molecule has 3 atom stereocenters. The first kappa shape index (κ1) is 47.2. The first-order valence-corrected chi connectivity index (χ1v) is 22.5. The molecule has 2 aliphatic heterocycles. The van der Waals surface area contributed by atoms with Gasteiger partial charge in [0.05, 0.1) is 31.1 Å². The lowest BCUT2D eigenvalue weighted by Crippen LogP contribution is -2.52. The van der Waals surface area contributed by atoms with Gasteiger partial charge in [-0.25, -0.2) is 9.69 Å². The minimum Gasteiger partial charge on any atom is -0.493 e. The molecule has 3 unspecified atom stereocenters. The Balaban J connectivity index is 0.00000204. The molecular weight excluding hydrogens is 801 g/mol. The van der Waals surface area contributed by atoms with E-state index in [9.17, 15) is 29.3 Å². The van der Waals surface area contributed by atoms with Crippen LogP contribution in [0.25, 0.3) is 10.8 Å². The lowest BCUT2D eigenvalue weighted by Gasteiger charge is -2.35. The van der Waals surface area contributed by atoms with E-state index in [1.165, 1.54) is 34.1 Å². The van der Waals surface area contributed by atoms with Gasteiger partial charge >= 0.3 is 14.7 Å². The minimum absolute atomic E-state index is 0.0238. The molecule has 0 bridgehead atoms. The Hall–Kier alpha value is -3.17. The number of halogens is 1. The van der Waals surface area contributed by atoms with E-state index in [4.69, 9.17) is 18.7 Å². The molecular formula is C39H55ClN3O10PS2. The number of aliphatic hydroxyl groups excluding tert-OH is 1. The number of anilines is 2. The molecule has 3 amide bonds. The van der Waals surface area contributed by atoms with E-state index >= 15 is 0 Å². The predicted molar refractivity (Wildman–Crippen MR) is 228 cm³/mol. The van der Waals surface area contributed by atoms with Gasteiger partial charge in [-0.15, -0.1) is 23.3 Å². The summed E-state index contributed by atoms with van der Waals surface area (Å²) in [5.41, 5.74) is 2.76. The molecule has 0 radical (unpaired) electrons. The van der Waals surface area contributed by atoms with Gasteiger partial charge in [-0.3, -0.25) is 9.59 Å². The van der Waals surface area contributed by atoms with Crippen LogP contribution in [0, 0.1) is 6.92 Å². The monoisotopic (exact) mass is 855 g/mol. The molecule has 310 valence electrons. The third-order valence-electron chi connectivity index (χ3n) is 9.39. The van der Waals surface area contributed by atoms with Crippen LogP contribution in [0.3, 0.4) is 0 Å². The van der Waals surface area contributed by atoms with Crippen LogP contribution < -0.4 is 23.8 Å². The second kappa shape index (κ2) is 23.9. The van der Waals surface area contributed by atoms with Gasteiger partial charge in [-0.05, 0) is 75.0 Å². The van der Waals surface area contributed by atoms with E-state index in [-0.39, 0.29) is 17.8 Å². The van der Waals surface area contributed by atoms with Gasteiger partial charge in [-0.2, -0.15) is 0 Å². The summed E-state index contributed by atoms with van der Waals surface area (Å²) < 4.78 is 22.6. The number of hydrogen-bond acceptors (Lipinski definition) is 12. The largest absolute Gasteiger partial charge is 0.493 e. The van der Waals surface area contributed by atoms with Gasteiger partial charge in [0.15, 0.2) is 17.7 Å². The summed E-state index contributed by atoms with van der Waals surface area (Å²) in [6.07, 6.45) is 4.27. The van der Waals surface area contributed by atoms with Gasteiger partial charge < -0.3 is 43.4 Å². The predicted octanol–water partition coefficient (Wildman–Crippen LogP) is 8.01. The average molecular weight is 856 g/mol. The van der Waals surface area contributed by atoms with Crippen LogP contribution in [0.1, 0.15) is 70.4 Å². The highest BCUT2D eigenvalue weighted by Gasteiger charge is 2.38. The van der Waals surface area contributed by atoms with E-state index in [0.29, 0.717) is 99.6 Å². The minimum atomic E-state index is -2.62. The average Bonchev–Trinajstić information content (AvgIpc) is 3.88. The molecule has 2 aliphatic rings. The molecule has 1 saturated heterocycles. The Bertz CT molecular complexity index is 1740. The van der Waals surface area contributed by atoms with Crippen LogP contribution >= 0.6 is 42.7 Å². The highest BCUT2D eigenvalue weighted by molar-refractivity contribution is 8.68. The van der Waals surface area contributed by atoms with Crippen LogP contribution in [0.5, 0.6) is 17.2 Å². The zero-order valence-electron chi connectivity index (χ0n) is 32.9. The molecule has 56 heavy (non-hydrogen) atoms. The van der Waals surface area contributed by atoms with Gasteiger partial charge in [0, 0.05) is 48.7 Å². The summed E-state index contributed by atoms with van der Waals surface area (Å²) in [5.74, 6) is 1.13. The smallest absolute Gasteiger partial charge is 0.416 e. The van der Waals surface area contributed by atoms with Crippen LogP contribution in [0.2, 0.25) is 0 Å². The van der Waals surface area contributed by atoms with Crippen molar-refractivity contribution in [3.8, 4) is 17.2 Å². The van der Waals surface area contributed by atoms with Crippen molar-refractivity contribution in [1.29, 1.82) is 0 Å². The number of ether oxygens (including phenoxy) is 3. The number of amides is 3. The zero-order valence-corrected chi connectivity index (χ0v) is 36.2. The van der Waals surface area contributed by atoms with Crippen molar-refractivity contribution >= 4 is 83.2 Å². The number of aryl methyl sites for hydroxylation is 1. The normalized spacial score (nSPS) is 15.5. The first-order valence-electron chi connectivity index (χ1n) is 18.6. The summed E-state index contributed by atoms with van der Waals surface area (Å²) in [7, 11) is 0.152. The maximum Gasteiger partial charge on any atom is 0.416 e. The number of benzene rings is 3. The number of thiol groups is 1. The van der Waals surface area contributed by atoms with E-state index in [1.54, 1.807) is 30.0 Å². The number of fused-ring (bicyclic) bond motifs is 3. The fraction of sp³-hybridized carbons (Fsp3) is 0.513. The number of rotatable bonds is 17. The molecule has 0 saturated carbocycles. The van der Waals surface area contributed by atoms with E-state index < -0.39 is 27.0 Å². The van der Waals surface area contributed by atoms with Crippen molar-refractivity contribution in [3.63, 3.8) is 0 Å². The number of aliphatic hydroxyl groups is 1. The van der Waals surface area contributed by atoms with Crippen molar-refractivity contribution in [1.82, 2.24) is 4.90 Å². The Morgan fingerprint density at radius 1 is 1.07 bits per heavy atom. The summed E-state index contributed by atoms with van der Waals surface area (Å²) >= 11 is 8.83. The molecule has 2 heterocycles. The fourth-order valence-electron chi connectivity index (χ4n) is 6.79. The highest BCUT2D eigenvalue weighted by Crippen LogP contribution is 2.43. The topological polar surface area (TPSA) is 159 Å². The molecule has 17 heteroatoms. The molecule has 3 N–H and O–H groups in total. The zero-order chi connectivity index (χ0) is 41.4. The highest BCUT2D eigenvalue weighted by atomic mass is 35.5. The SMILES string of the molecule is CC.CCl.COc1cc(C)c(N(C(=O)OCC(C)SS)C(O)C2CCCN2C=O)cc1OCCCCCC(=O)N1CCc2c1cc(OP(O)O)c1ccccc21. The Kier molecular flexibility index (Phi) is 20.2. The molecule has 5 rings (SSSR count). The molecule has 13 nitrogen and oxygen atoms in total. The lowest BCUT2D eigenvalue weighted by molar-refractivity contribution is -0.121. The van der Waals surface area contributed by atoms with Crippen molar-refractivity contribution < 1.29 is 48.0 Å². The Labute approximate surface area is 345 Å². The quantitative estimate of drug-likeness (QED) is 0.0198. The third kappa shape index (κ3) is 11.9.